The summed E-state index contributed by atoms with van der Waals surface area (Å²) in [6.45, 7) is 11.3. The molecule has 0 aromatic carbocycles. The van der Waals surface area contributed by atoms with Crippen molar-refractivity contribution >= 4 is 5.82 Å². The molecule has 2 rings (SSSR count). The molecule has 2 N–H and O–H groups in total. The van der Waals surface area contributed by atoms with Gasteiger partial charge in [-0.15, -0.1) is 0 Å². The minimum Gasteiger partial charge on any atom is -0.356 e. The summed E-state index contributed by atoms with van der Waals surface area (Å²) >= 11 is 0. The largest absolute Gasteiger partial charge is 0.356 e. The molecular weight excluding hydrogens is 234 g/mol. The smallest absolute Gasteiger partial charge is 0.133 e. The Labute approximate surface area is 117 Å². The number of pyridine rings is 1. The summed E-state index contributed by atoms with van der Waals surface area (Å²) in [5.41, 5.74) is 7.63. The van der Waals surface area contributed by atoms with Gasteiger partial charge in [0.2, 0.25) is 0 Å². The SMILES string of the molecule is CC(N)c1cccnc1N1CCC(C(C)(C)C)CC1. The third-order valence-electron chi connectivity index (χ3n) is 4.33. The molecule has 0 bridgehead atoms. The normalized spacial score (nSPS) is 19.5. The Hall–Kier alpha value is -1.09. The predicted octanol–water partition coefficient (Wildman–Crippen LogP) is 3.36. The van der Waals surface area contributed by atoms with E-state index in [1.165, 1.54) is 12.8 Å². The molecule has 0 saturated carbocycles. The second kappa shape index (κ2) is 5.49. The van der Waals surface area contributed by atoms with Crippen LogP contribution in [0.4, 0.5) is 5.82 Å². The van der Waals surface area contributed by atoms with Gasteiger partial charge in [0, 0.05) is 30.9 Å². The van der Waals surface area contributed by atoms with Crippen LogP contribution < -0.4 is 10.6 Å². The molecule has 3 nitrogen and oxygen atoms in total. The van der Waals surface area contributed by atoms with E-state index in [9.17, 15) is 0 Å². The molecule has 1 aliphatic heterocycles. The van der Waals surface area contributed by atoms with Gasteiger partial charge in [0.15, 0.2) is 0 Å². The van der Waals surface area contributed by atoms with Crippen LogP contribution in [-0.2, 0) is 0 Å². The number of hydrogen-bond donors (Lipinski definition) is 1. The van der Waals surface area contributed by atoms with Crippen molar-refractivity contribution in [1.29, 1.82) is 0 Å². The van der Waals surface area contributed by atoms with Crippen molar-refractivity contribution in [2.24, 2.45) is 17.1 Å². The zero-order chi connectivity index (χ0) is 14.0. The number of hydrogen-bond acceptors (Lipinski definition) is 3. The van der Waals surface area contributed by atoms with Gasteiger partial charge >= 0.3 is 0 Å². The Balaban J connectivity index is 2.10. The molecule has 1 fully saturated rings. The van der Waals surface area contributed by atoms with Gasteiger partial charge in [0.25, 0.3) is 0 Å². The lowest BCUT2D eigenvalue weighted by molar-refractivity contribution is 0.198. The van der Waals surface area contributed by atoms with Crippen molar-refractivity contribution in [1.82, 2.24) is 4.98 Å². The average Bonchev–Trinajstić information content (AvgIpc) is 2.38. The molecule has 2 heterocycles. The molecule has 19 heavy (non-hydrogen) atoms. The lowest BCUT2D eigenvalue weighted by atomic mass is 9.75. The molecule has 1 aromatic heterocycles. The molecule has 0 radical (unpaired) electrons. The fraction of sp³-hybridized carbons (Fsp3) is 0.688. The first-order chi connectivity index (χ1) is 8.89. The summed E-state index contributed by atoms with van der Waals surface area (Å²) in [6.07, 6.45) is 4.37. The standard InChI is InChI=1S/C16H27N3/c1-12(17)14-6-5-9-18-15(14)19-10-7-13(8-11-19)16(2,3)4/h5-6,9,12-13H,7-8,10-11,17H2,1-4H3. The Morgan fingerprint density at radius 2 is 1.95 bits per heavy atom. The van der Waals surface area contributed by atoms with E-state index in [1.807, 2.05) is 19.2 Å². The number of nitrogens with zero attached hydrogens (tertiary/aromatic N) is 2. The first-order valence-electron chi connectivity index (χ1n) is 7.35. The van der Waals surface area contributed by atoms with Crippen LogP contribution in [0.25, 0.3) is 0 Å². The maximum absolute atomic E-state index is 6.05. The minimum atomic E-state index is 0.0454. The van der Waals surface area contributed by atoms with E-state index in [0.29, 0.717) is 5.41 Å². The molecule has 0 aliphatic carbocycles. The maximum Gasteiger partial charge on any atom is 0.133 e. The fourth-order valence-corrected chi connectivity index (χ4v) is 2.99. The molecule has 0 amide bonds. The monoisotopic (exact) mass is 261 g/mol. The number of piperidine rings is 1. The highest BCUT2D eigenvalue weighted by molar-refractivity contribution is 5.48. The average molecular weight is 261 g/mol. The van der Waals surface area contributed by atoms with Crippen molar-refractivity contribution in [3.05, 3.63) is 23.9 Å². The zero-order valence-electron chi connectivity index (χ0n) is 12.7. The first-order valence-corrected chi connectivity index (χ1v) is 7.35. The van der Waals surface area contributed by atoms with Gasteiger partial charge in [-0.2, -0.15) is 0 Å². The summed E-state index contributed by atoms with van der Waals surface area (Å²) in [6, 6.07) is 4.12. The molecular formula is C16H27N3. The molecule has 1 atom stereocenters. The molecule has 1 aliphatic rings. The third-order valence-corrected chi connectivity index (χ3v) is 4.33. The summed E-state index contributed by atoms with van der Waals surface area (Å²) in [5.74, 6) is 1.90. The van der Waals surface area contributed by atoms with Crippen molar-refractivity contribution < 1.29 is 0 Å². The van der Waals surface area contributed by atoms with Gasteiger partial charge in [-0.05, 0) is 37.2 Å². The number of anilines is 1. The van der Waals surface area contributed by atoms with Crippen LogP contribution in [0, 0.1) is 11.3 Å². The predicted molar refractivity (Wildman–Crippen MR) is 81.2 cm³/mol. The van der Waals surface area contributed by atoms with Gasteiger partial charge < -0.3 is 10.6 Å². The number of aromatic nitrogens is 1. The van der Waals surface area contributed by atoms with E-state index in [1.54, 1.807) is 0 Å². The Morgan fingerprint density at radius 3 is 2.47 bits per heavy atom. The van der Waals surface area contributed by atoms with E-state index in [0.717, 1.165) is 30.4 Å². The van der Waals surface area contributed by atoms with Crippen LogP contribution in [0.5, 0.6) is 0 Å². The van der Waals surface area contributed by atoms with Crippen LogP contribution in [-0.4, -0.2) is 18.1 Å². The number of rotatable bonds is 2. The van der Waals surface area contributed by atoms with E-state index in [-0.39, 0.29) is 6.04 Å². The van der Waals surface area contributed by atoms with E-state index < -0.39 is 0 Å². The topological polar surface area (TPSA) is 42.1 Å². The molecule has 1 unspecified atom stereocenters. The van der Waals surface area contributed by atoms with Crippen molar-refractivity contribution in [3.8, 4) is 0 Å². The van der Waals surface area contributed by atoms with Gasteiger partial charge in [-0.1, -0.05) is 26.8 Å². The summed E-state index contributed by atoms with van der Waals surface area (Å²) in [5, 5.41) is 0. The lowest BCUT2D eigenvalue weighted by Gasteiger charge is -2.40. The second-order valence-electron chi connectivity index (χ2n) is 6.83. The molecule has 1 aromatic rings. The highest BCUT2D eigenvalue weighted by atomic mass is 15.2. The van der Waals surface area contributed by atoms with E-state index in [2.05, 4.69) is 36.7 Å². The summed E-state index contributed by atoms with van der Waals surface area (Å²) in [4.78, 5) is 6.96. The quantitative estimate of drug-likeness (QED) is 0.887. The lowest BCUT2D eigenvalue weighted by Crippen LogP contribution is -2.39. The van der Waals surface area contributed by atoms with Crippen molar-refractivity contribution in [2.45, 2.75) is 46.6 Å². The maximum atomic E-state index is 6.05. The van der Waals surface area contributed by atoms with E-state index in [4.69, 9.17) is 5.73 Å². The van der Waals surface area contributed by atoms with E-state index >= 15 is 0 Å². The Bertz CT molecular complexity index is 412. The van der Waals surface area contributed by atoms with Crippen LogP contribution in [0.2, 0.25) is 0 Å². The molecule has 0 spiro atoms. The Kier molecular flexibility index (Phi) is 4.14. The van der Waals surface area contributed by atoms with Crippen LogP contribution in [0.3, 0.4) is 0 Å². The summed E-state index contributed by atoms with van der Waals surface area (Å²) in [7, 11) is 0. The van der Waals surface area contributed by atoms with Crippen molar-refractivity contribution in [2.75, 3.05) is 18.0 Å². The van der Waals surface area contributed by atoms with Gasteiger partial charge in [0.05, 0.1) is 0 Å². The highest BCUT2D eigenvalue weighted by Gasteiger charge is 2.29. The third kappa shape index (κ3) is 3.27. The van der Waals surface area contributed by atoms with Crippen LogP contribution in [0.15, 0.2) is 18.3 Å². The molecule has 3 heteroatoms. The molecule has 1 saturated heterocycles. The van der Waals surface area contributed by atoms with Crippen LogP contribution >= 0.6 is 0 Å². The summed E-state index contributed by atoms with van der Waals surface area (Å²) < 4.78 is 0. The van der Waals surface area contributed by atoms with Gasteiger partial charge in [-0.25, -0.2) is 4.98 Å². The minimum absolute atomic E-state index is 0.0454. The second-order valence-corrected chi connectivity index (χ2v) is 6.83. The highest BCUT2D eigenvalue weighted by Crippen LogP contribution is 2.36. The van der Waals surface area contributed by atoms with Gasteiger partial charge in [-0.3, -0.25) is 0 Å². The zero-order valence-corrected chi connectivity index (χ0v) is 12.7. The van der Waals surface area contributed by atoms with Gasteiger partial charge in [0.1, 0.15) is 5.82 Å². The first kappa shape index (κ1) is 14.3. The Morgan fingerprint density at radius 1 is 1.32 bits per heavy atom. The van der Waals surface area contributed by atoms with Crippen LogP contribution in [0.1, 0.15) is 52.1 Å². The number of nitrogens with two attached hydrogens (primary N) is 1. The van der Waals surface area contributed by atoms with Crippen molar-refractivity contribution in [3.63, 3.8) is 0 Å². The fourth-order valence-electron chi connectivity index (χ4n) is 2.99. The molecule has 106 valence electrons.